The minimum atomic E-state index is -0.00245. The third-order valence-corrected chi connectivity index (χ3v) is 5.88. The van der Waals surface area contributed by atoms with Crippen molar-refractivity contribution >= 4 is 11.8 Å². The summed E-state index contributed by atoms with van der Waals surface area (Å²) < 4.78 is 34.2. The van der Waals surface area contributed by atoms with Crippen molar-refractivity contribution in [2.45, 2.75) is 10.5 Å². The van der Waals surface area contributed by atoms with Crippen molar-refractivity contribution in [3.63, 3.8) is 0 Å². The van der Waals surface area contributed by atoms with Gasteiger partial charge < -0.3 is 38.6 Å². The van der Waals surface area contributed by atoms with Gasteiger partial charge >= 0.3 is 0 Å². The first-order valence-corrected chi connectivity index (χ1v) is 12.8. The molecule has 2 N–H and O–H groups in total. The molecule has 196 valence electrons. The predicted octanol–water partition coefficient (Wildman–Crippen LogP) is 2.67. The molecule has 0 aliphatic heterocycles. The van der Waals surface area contributed by atoms with Gasteiger partial charge in [-0.15, -0.1) is 11.8 Å². The number of aliphatic hydroxyl groups is 2. The van der Waals surface area contributed by atoms with Gasteiger partial charge in [0.05, 0.1) is 76.6 Å². The second kappa shape index (κ2) is 20.4. The van der Waals surface area contributed by atoms with Gasteiger partial charge in [-0.2, -0.15) is 0 Å². The summed E-state index contributed by atoms with van der Waals surface area (Å²) in [6, 6.07) is 19.4. The summed E-state index contributed by atoms with van der Waals surface area (Å²) >= 11 is 1.70. The summed E-state index contributed by atoms with van der Waals surface area (Å²) in [6.45, 7) is 4.20. The SMILES string of the molecule is OCCOCCOCC(COc1ccccc1)SC(COCCOCCO)COc1ccccc1. The van der Waals surface area contributed by atoms with Crippen molar-refractivity contribution in [2.24, 2.45) is 0 Å². The van der Waals surface area contributed by atoms with Gasteiger partial charge in [0.2, 0.25) is 0 Å². The number of hydrogen-bond acceptors (Lipinski definition) is 9. The van der Waals surface area contributed by atoms with E-state index in [9.17, 15) is 0 Å². The summed E-state index contributed by atoms with van der Waals surface area (Å²) in [4.78, 5) is 0. The zero-order chi connectivity index (χ0) is 24.8. The molecule has 0 saturated heterocycles. The van der Waals surface area contributed by atoms with Gasteiger partial charge in [-0.3, -0.25) is 0 Å². The normalized spacial score (nSPS) is 12.9. The highest BCUT2D eigenvalue weighted by Gasteiger charge is 2.20. The van der Waals surface area contributed by atoms with E-state index in [1.165, 1.54) is 0 Å². The Morgan fingerprint density at radius 2 is 0.914 bits per heavy atom. The van der Waals surface area contributed by atoms with Crippen LogP contribution in [0.2, 0.25) is 0 Å². The molecule has 0 saturated carbocycles. The van der Waals surface area contributed by atoms with E-state index in [0.29, 0.717) is 66.1 Å². The lowest BCUT2D eigenvalue weighted by atomic mass is 10.3. The van der Waals surface area contributed by atoms with Crippen molar-refractivity contribution in [1.29, 1.82) is 0 Å². The number of para-hydroxylation sites is 2. The van der Waals surface area contributed by atoms with Crippen LogP contribution >= 0.6 is 11.8 Å². The molecule has 0 heterocycles. The van der Waals surface area contributed by atoms with E-state index < -0.39 is 0 Å². The number of benzene rings is 2. The molecule has 2 aromatic carbocycles. The number of thioether (sulfide) groups is 1. The van der Waals surface area contributed by atoms with Crippen LogP contribution < -0.4 is 9.47 Å². The van der Waals surface area contributed by atoms with E-state index in [2.05, 4.69) is 0 Å². The van der Waals surface area contributed by atoms with Gasteiger partial charge in [-0.1, -0.05) is 36.4 Å². The van der Waals surface area contributed by atoms with Crippen LogP contribution in [-0.2, 0) is 18.9 Å². The van der Waals surface area contributed by atoms with Gasteiger partial charge in [0.15, 0.2) is 0 Å². The van der Waals surface area contributed by atoms with Crippen molar-refractivity contribution in [3.05, 3.63) is 60.7 Å². The number of rotatable bonds is 22. The van der Waals surface area contributed by atoms with Crippen molar-refractivity contribution in [3.8, 4) is 11.5 Å². The second-order valence-electron chi connectivity index (χ2n) is 7.45. The highest BCUT2D eigenvalue weighted by Crippen LogP contribution is 2.22. The van der Waals surface area contributed by atoms with Crippen LogP contribution in [0, 0.1) is 0 Å². The molecular formula is C26H38O8S. The first-order chi connectivity index (χ1) is 17.3. The van der Waals surface area contributed by atoms with Crippen molar-refractivity contribution < 1.29 is 38.6 Å². The Balaban J connectivity index is 1.90. The highest BCUT2D eigenvalue weighted by molar-refractivity contribution is 8.00. The minimum absolute atomic E-state index is 0.00245. The molecule has 2 rings (SSSR count). The number of aliphatic hydroxyl groups excluding tert-OH is 2. The Morgan fingerprint density at radius 3 is 1.31 bits per heavy atom. The van der Waals surface area contributed by atoms with E-state index in [4.69, 9.17) is 38.6 Å². The van der Waals surface area contributed by atoms with Crippen LogP contribution in [0.4, 0.5) is 0 Å². The molecule has 0 aliphatic carbocycles. The highest BCUT2D eigenvalue weighted by atomic mass is 32.2. The molecule has 0 aliphatic rings. The van der Waals surface area contributed by atoms with Crippen LogP contribution in [0.1, 0.15) is 0 Å². The lowest BCUT2D eigenvalue weighted by Crippen LogP contribution is -2.30. The fraction of sp³-hybridized carbons (Fsp3) is 0.538. The monoisotopic (exact) mass is 510 g/mol. The summed E-state index contributed by atoms with van der Waals surface area (Å²) in [7, 11) is 0. The van der Waals surface area contributed by atoms with Crippen molar-refractivity contribution in [1.82, 2.24) is 0 Å². The number of hydrogen-bond donors (Lipinski definition) is 2. The third-order valence-electron chi connectivity index (χ3n) is 4.57. The number of ether oxygens (including phenoxy) is 6. The fourth-order valence-electron chi connectivity index (χ4n) is 2.94. The Labute approximate surface area is 212 Å². The molecule has 0 radical (unpaired) electrons. The summed E-state index contributed by atoms with van der Waals surface area (Å²) in [5.74, 6) is 1.61. The Bertz CT molecular complexity index is 660. The van der Waals surface area contributed by atoms with Crippen LogP contribution in [0.25, 0.3) is 0 Å². The standard InChI is InChI=1S/C26H38O8S/c27-11-13-29-15-17-31-19-25(21-33-23-7-3-1-4-8-23)35-26(20-32-18-16-30-14-12-28)22-34-24-9-5-2-6-10-24/h1-10,25-28H,11-22H2. The molecule has 0 amide bonds. The maximum Gasteiger partial charge on any atom is 0.119 e. The summed E-state index contributed by atoms with van der Waals surface area (Å²) in [6.07, 6.45) is 0. The lowest BCUT2D eigenvalue weighted by molar-refractivity contribution is 0.0296. The van der Waals surface area contributed by atoms with Crippen molar-refractivity contribution in [2.75, 3.05) is 79.3 Å². The maximum absolute atomic E-state index is 8.82. The molecule has 0 fully saturated rings. The largest absolute Gasteiger partial charge is 0.492 e. The van der Waals surface area contributed by atoms with E-state index in [1.54, 1.807) is 11.8 Å². The zero-order valence-electron chi connectivity index (χ0n) is 20.2. The van der Waals surface area contributed by atoms with Crippen LogP contribution in [-0.4, -0.2) is 100.0 Å². The first-order valence-electron chi connectivity index (χ1n) is 11.9. The van der Waals surface area contributed by atoms with Gasteiger partial charge in [-0.05, 0) is 24.3 Å². The molecule has 0 aromatic heterocycles. The summed E-state index contributed by atoms with van der Waals surface area (Å²) in [5, 5.41) is 17.7. The van der Waals surface area contributed by atoms with Crippen LogP contribution in [0.3, 0.4) is 0 Å². The topological polar surface area (TPSA) is 95.8 Å². The molecule has 2 aromatic rings. The zero-order valence-corrected chi connectivity index (χ0v) is 21.0. The van der Waals surface area contributed by atoms with E-state index in [0.717, 1.165) is 11.5 Å². The molecule has 8 nitrogen and oxygen atoms in total. The van der Waals surface area contributed by atoms with Gasteiger partial charge in [0.1, 0.15) is 24.7 Å². The van der Waals surface area contributed by atoms with Crippen LogP contribution in [0.15, 0.2) is 60.7 Å². The first kappa shape index (κ1) is 29.4. The summed E-state index contributed by atoms with van der Waals surface area (Å²) in [5.41, 5.74) is 0. The molecule has 9 heteroatoms. The van der Waals surface area contributed by atoms with E-state index in [-0.39, 0.29) is 23.7 Å². The van der Waals surface area contributed by atoms with E-state index >= 15 is 0 Å². The Morgan fingerprint density at radius 1 is 0.514 bits per heavy atom. The average molecular weight is 511 g/mol. The fourth-order valence-corrected chi connectivity index (χ4v) is 4.12. The van der Waals surface area contributed by atoms with Gasteiger partial charge in [0.25, 0.3) is 0 Å². The average Bonchev–Trinajstić information content (AvgIpc) is 2.90. The quantitative estimate of drug-likeness (QED) is 0.232. The third kappa shape index (κ3) is 15.0. The Kier molecular flexibility index (Phi) is 17.1. The van der Waals surface area contributed by atoms with Gasteiger partial charge in [0, 0.05) is 0 Å². The molecular weight excluding hydrogens is 472 g/mol. The smallest absolute Gasteiger partial charge is 0.119 e. The Hall–Kier alpha value is -1.85. The van der Waals surface area contributed by atoms with E-state index in [1.807, 2.05) is 60.7 Å². The lowest BCUT2D eigenvalue weighted by Gasteiger charge is -2.24. The minimum Gasteiger partial charge on any atom is -0.492 e. The van der Waals surface area contributed by atoms with Gasteiger partial charge in [-0.25, -0.2) is 0 Å². The predicted molar refractivity (Wildman–Crippen MR) is 136 cm³/mol. The molecule has 0 spiro atoms. The second-order valence-corrected chi connectivity index (χ2v) is 9.06. The maximum atomic E-state index is 8.82. The molecule has 2 unspecified atom stereocenters. The molecule has 2 atom stereocenters. The van der Waals surface area contributed by atoms with Crippen LogP contribution in [0.5, 0.6) is 11.5 Å². The molecule has 0 bridgehead atoms. The molecule has 35 heavy (non-hydrogen) atoms.